The van der Waals surface area contributed by atoms with Crippen LogP contribution in [-0.2, 0) is 4.74 Å². The third-order valence-corrected chi connectivity index (χ3v) is 3.54. The van der Waals surface area contributed by atoms with Crippen molar-refractivity contribution in [3.63, 3.8) is 0 Å². The number of aliphatic hydroxyl groups excluding tert-OH is 2. The van der Waals surface area contributed by atoms with E-state index in [1.165, 1.54) is 0 Å². The molecule has 2 aromatic rings. The Kier molecular flexibility index (Phi) is 3.09. The number of fused-ring (bicyclic) bond motifs is 1. The molecule has 19 heavy (non-hydrogen) atoms. The van der Waals surface area contributed by atoms with Crippen molar-refractivity contribution in [3.05, 3.63) is 16.8 Å². The number of rotatable bonds is 2. The molecule has 0 aliphatic carbocycles. The van der Waals surface area contributed by atoms with Gasteiger partial charge in [0.1, 0.15) is 29.3 Å². The molecule has 1 fully saturated rings. The van der Waals surface area contributed by atoms with Crippen molar-refractivity contribution in [3.8, 4) is 0 Å². The van der Waals surface area contributed by atoms with Crippen molar-refractivity contribution in [1.82, 2.24) is 19.5 Å². The summed E-state index contributed by atoms with van der Waals surface area (Å²) in [5.41, 5.74) is 1.32. The number of aryl methyl sites for hydroxylation is 1. The molecular weight excluding hydrogens is 268 g/mol. The molecule has 102 valence electrons. The summed E-state index contributed by atoms with van der Waals surface area (Å²) in [5, 5.41) is 18.9. The van der Waals surface area contributed by atoms with Gasteiger partial charge in [-0.05, 0) is 6.92 Å². The Morgan fingerprint density at radius 1 is 1.63 bits per heavy atom. The molecule has 1 aliphatic rings. The molecule has 7 nitrogen and oxygen atoms in total. The van der Waals surface area contributed by atoms with Crippen LogP contribution < -0.4 is 0 Å². The predicted octanol–water partition coefficient (Wildman–Crippen LogP) is 0.438. The highest BCUT2D eigenvalue weighted by atomic mass is 32.1. The molecule has 3 rings (SSSR count). The van der Waals surface area contributed by atoms with E-state index < -0.39 is 12.2 Å². The number of hydrogen-bond acceptors (Lipinski definition) is 6. The van der Waals surface area contributed by atoms with E-state index in [9.17, 15) is 5.11 Å². The second kappa shape index (κ2) is 4.64. The third kappa shape index (κ3) is 2.06. The Morgan fingerprint density at radius 3 is 3.11 bits per heavy atom. The summed E-state index contributed by atoms with van der Waals surface area (Å²) in [6.07, 6.45) is 0.393. The first-order valence-corrected chi connectivity index (χ1v) is 6.39. The Bertz CT molecular complexity index is 667. The molecule has 1 aliphatic heterocycles. The second-order valence-corrected chi connectivity index (χ2v) is 4.98. The monoisotopic (exact) mass is 282 g/mol. The zero-order valence-corrected chi connectivity index (χ0v) is 11.1. The lowest BCUT2D eigenvalue weighted by Crippen LogP contribution is -2.24. The number of hydrogen-bond donors (Lipinski definition) is 3. The van der Waals surface area contributed by atoms with Crippen LogP contribution in [0.3, 0.4) is 0 Å². The lowest BCUT2D eigenvalue weighted by Gasteiger charge is -2.14. The van der Waals surface area contributed by atoms with E-state index in [-0.39, 0.29) is 12.8 Å². The number of aliphatic hydroxyl groups is 2. The van der Waals surface area contributed by atoms with Gasteiger partial charge in [-0.15, -0.1) is 0 Å². The van der Waals surface area contributed by atoms with Crippen molar-refractivity contribution in [2.45, 2.75) is 31.8 Å². The maximum atomic E-state index is 9.78. The number of imidazole rings is 1. The molecule has 8 heteroatoms. The van der Waals surface area contributed by atoms with Gasteiger partial charge < -0.3 is 19.9 Å². The smallest absolute Gasteiger partial charge is 0.157 e. The average molecular weight is 282 g/mol. The molecule has 0 saturated carbocycles. The van der Waals surface area contributed by atoms with E-state index >= 15 is 0 Å². The van der Waals surface area contributed by atoms with E-state index in [4.69, 9.17) is 22.1 Å². The van der Waals surface area contributed by atoms with Crippen LogP contribution in [0.4, 0.5) is 0 Å². The van der Waals surface area contributed by atoms with Gasteiger partial charge in [0, 0.05) is 6.42 Å². The highest BCUT2D eigenvalue weighted by Gasteiger charge is 2.35. The highest BCUT2D eigenvalue weighted by Crippen LogP contribution is 2.30. The first-order chi connectivity index (χ1) is 9.10. The zero-order valence-electron chi connectivity index (χ0n) is 10.3. The van der Waals surface area contributed by atoms with Crippen molar-refractivity contribution >= 4 is 23.4 Å². The van der Waals surface area contributed by atoms with Crippen LogP contribution in [0.25, 0.3) is 11.2 Å². The maximum Gasteiger partial charge on any atom is 0.157 e. The van der Waals surface area contributed by atoms with Crippen LogP contribution in [0.5, 0.6) is 0 Å². The minimum atomic E-state index is -0.682. The number of aromatic nitrogens is 4. The van der Waals surface area contributed by atoms with E-state index in [1.807, 2.05) is 6.92 Å². The largest absolute Gasteiger partial charge is 0.394 e. The standard InChI is InChI=1S/C11H14N4O3S/c1-5-13-10-9(11(19)14-5)12-4-15(10)8-2-6(17)7(3-16)18-8/h4,6-8,16-17H,2-3H2,1H3,(H,13,14,19)/t6-,7+,8-/m1/s1. The van der Waals surface area contributed by atoms with Crippen molar-refractivity contribution < 1.29 is 14.9 Å². The van der Waals surface area contributed by atoms with Crippen LogP contribution >= 0.6 is 12.2 Å². The van der Waals surface area contributed by atoms with E-state index in [0.717, 1.165) is 0 Å². The Labute approximate surface area is 113 Å². The Morgan fingerprint density at radius 2 is 2.42 bits per heavy atom. The van der Waals surface area contributed by atoms with Gasteiger partial charge in [0.15, 0.2) is 4.64 Å². The fourth-order valence-electron chi connectivity index (χ4n) is 2.31. The van der Waals surface area contributed by atoms with Crippen LogP contribution in [0, 0.1) is 11.6 Å². The molecule has 3 heterocycles. The molecule has 3 N–H and O–H groups in total. The molecule has 0 amide bonds. The summed E-state index contributed by atoms with van der Waals surface area (Å²) in [5.74, 6) is 0.691. The second-order valence-electron chi connectivity index (χ2n) is 4.59. The van der Waals surface area contributed by atoms with Crippen molar-refractivity contribution in [2.75, 3.05) is 6.61 Å². The molecule has 3 atom stereocenters. The third-order valence-electron chi connectivity index (χ3n) is 3.26. The van der Waals surface area contributed by atoms with Gasteiger partial charge in [0.25, 0.3) is 0 Å². The molecule has 0 radical (unpaired) electrons. The number of nitrogens with zero attached hydrogens (tertiary/aromatic N) is 3. The van der Waals surface area contributed by atoms with Gasteiger partial charge in [-0.3, -0.25) is 4.57 Å². The lowest BCUT2D eigenvalue weighted by atomic mass is 10.2. The SMILES string of the molecule is Cc1nc(=S)c2ncn([C@H]3C[C@@H](O)[C@H](CO)O3)c2[nH]1. The number of nitrogens with one attached hydrogen (secondary N) is 1. The average Bonchev–Trinajstić information content (AvgIpc) is 2.92. The van der Waals surface area contributed by atoms with Crippen LogP contribution in [0.1, 0.15) is 18.5 Å². The Balaban J connectivity index is 2.05. The van der Waals surface area contributed by atoms with Gasteiger partial charge in [-0.1, -0.05) is 12.2 Å². The summed E-state index contributed by atoms with van der Waals surface area (Å²) >= 11 is 5.16. The highest BCUT2D eigenvalue weighted by molar-refractivity contribution is 7.71. The summed E-state index contributed by atoms with van der Waals surface area (Å²) < 4.78 is 7.81. The molecule has 0 aromatic carbocycles. The molecule has 0 bridgehead atoms. The van der Waals surface area contributed by atoms with Gasteiger partial charge in [-0.25, -0.2) is 9.97 Å². The van der Waals surface area contributed by atoms with E-state index in [1.54, 1.807) is 10.9 Å². The van der Waals surface area contributed by atoms with E-state index in [2.05, 4.69) is 15.0 Å². The Hall–Kier alpha value is -1.35. The summed E-state index contributed by atoms with van der Waals surface area (Å²) in [6.45, 7) is 1.61. The molecule has 2 aromatic heterocycles. The van der Waals surface area contributed by atoms with E-state index in [0.29, 0.717) is 28.0 Å². The van der Waals surface area contributed by atoms with Gasteiger partial charge in [0.2, 0.25) is 0 Å². The lowest BCUT2D eigenvalue weighted by molar-refractivity contribution is -0.0432. The predicted molar refractivity (Wildman–Crippen MR) is 69.1 cm³/mol. The molecule has 1 saturated heterocycles. The minimum absolute atomic E-state index is 0.207. The quantitative estimate of drug-likeness (QED) is 0.692. The number of H-pyrrole nitrogens is 1. The first-order valence-electron chi connectivity index (χ1n) is 5.98. The van der Waals surface area contributed by atoms with Crippen LogP contribution in [0.2, 0.25) is 0 Å². The summed E-state index contributed by atoms with van der Waals surface area (Å²) in [7, 11) is 0. The minimum Gasteiger partial charge on any atom is -0.394 e. The van der Waals surface area contributed by atoms with Gasteiger partial charge >= 0.3 is 0 Å². The topological polar surface area (TPSA) is 96.2 Å². The number of ether oxygens (including phenoxy) is 1. The normalized spacial score (nSPS) is 27.2. The molecule has 0 unspecified atom stereocenters. The summed E-state index contributed by atoms with van der Waals surface area (Å²) in [6, 6.07) is 0. The zero-order chi connectivity index (χ0) is 13.6. The fraction of sp³-hybridized carbons (Fsp3) is 0.545. The molecule has 0 spiro atoms. The van der Waals surface area contributed by atoms with Gasteiger partial charge in [0.05, 0.1) is 19.0 Å². The first kappa shape index (κ1) is 12.7. The van der Waals surface area contributed by atoms with Crippen molar-refractivity contribution in [2.24, 2.45) is 0 Å². The maximum absolute atomic E-state index is 9.78. The fourth-order valence-corrected chi connectivity index (χ4v) is 2.60. The van der Waals surface area contributed by atoms with Crippen LogP contribution in [0.15, 0.2) is 6.33 Å². The summed E-state index contributed by atoms with van der Waals surface area (Å²) in [4.78, 5) is 11.5. The number of aromatic amines is 1. The van der Waals surface area contributed by atoms with Crippen LogP contribution in [-0.4, -0.2) is 48.5 Å². The van der Waals surface area contributed by atoms with Crippen molar-refractivity contribution in [1.29, 1.82) is 0 Å². The molecular formula is C11H14N4O3S. The van der Waals surface area contributed by atoms with Gasteiger partial charge in [-0.2, -0.15) is 0 Å².